The number of benzene rings is 1. The van der Waals surface area contributed by atoms with Crippen LogP contribution in [0, 0.1) is 0 Å². The molecule has 0 aliphatic rings. The topological polar surface area (TPSA) is 39.2 Å². The minimum absolute atomic E-state index is 0.0763. The molecule has 1 atom stereocenters. The standard InChI is InChI=1S/C12H11BrClNO/c13-10-4-9(5-11(14)6-10)12(15)3-8-1-2-16-7-8/h1-2,4-7,12H,3,15H2. The molecule has 0 saturated heterocycles. The van der Waals surface area contributed by atoms with Crippen molar-refractivity contribution in [1.29, 1.82) is 0 Å². The molecule has 0 aliphatic heterocycles. The average molecular weight is 301 g/mol. The SMILES string of the molecule is NC(Cc1ccoc1)c1cc(Cl)cc(Br)c1. The highest BCUT2D eigenvalue weighted by molar-refractivity contribution is 9.10. The van der Waals surface area contributed by atoms with Crippen LogP contribution in [0.4, 0.5) is 0 Å². The van der Waals surface area contributed by atoms with E-state index in [1.807, 2.05) is 24.3 Å². The number of hydrogen-bond donors (Lipinski definition) is 1. The monoisotopic (exact) mass is 299 g/mol. The maximum absolute atomic E-state index is 6.10. The van der Waals surface area contributed by atoms with E-state index in [2.05, 4.69) is 15.9 Å². The third kappa shape index (κ3) is 2.88. The van der Waals surface area contributed by atoms with E-state index in [0.29, 0.717) is 5.02 Å². The summed E-state index contributed by atoms with van der Waals surface area (Å²) >= 11 is 9.37. The molecule has 1 unspecified atom stereocenters. The van der Waals surface area contributed by atoms with E-state index in [4.69, 9.17) is 21.8 Å². The van der Waals surface area contributed by atoms with Gasteiger partial charge < -0.3 is 10.2 Å². The summed E-state index contributed by atoms with van der Waals surface area (Å²) in [6, 6.07) is 7.55. The van der Waals surface area contributed by atoms with E-state index >= 15 is 0 Å². The van der Waals surface area contributed by atoms with Crippen molar-refractivity contribution in [3.63, 3.8) is 0 Å². The molecule has 2 nitrogen and oxygen atoms in total. The molecule has 0 spiro atoms. The van der Waals surface area contributed by atoms with Gasteiger partial charge in [-0.2, -0.15) is 0 Å². The first-order chi connectivity index (χ1) is 7.65. The smallest absolute Gasteiger partial charge is 0.0935 e. The van der Waals surface area contributed by atoms with Crippen molar-refractivity contribution in [2.24, 2.45) is 5.73 Å². The summed E-state index contributed by atoms with van der Waals surface area (Å²) < 4.78 is 5.95. The molecule has 0 amide bonds. The first-order valence-corrected chi connectivity index (χ1v) is 6.05. The minimum Gasteiger partial charge on any atom is -0.472 e. The number of rotatable bonds is 3. The van der Waals surface area contributed by atoms with Crippen molar-refractivity contribution >= 4 is 27.5 Å². The largest absolute Gasteiger partial charge is 0.472 e. The highest BCUT2D eigenvalue weighted by Gasteiger charge is 2.09. The van der Waals surface area contributed by atoms with Gasteiger partial charge in [-0.25, -0.2) is 0 Å². The van der Waals surface area contributed by atoms with Crippen LogP contribution in [0.15, 0.2) is 45.7 Å². The second-order valence-electron chi connectivity index (χ2n) is 3.64. The van der Waals surface area contributed by atoms with Crippen LogP contribution in [0.3, 0.4) is 0 Å². The molecule has 0 radical (unpaired) electrons. The Hall–Kier alpha value is -0.770. The van der Waals surface area contributed by atoms with E-state index in [0.717, 1.165) is 22.0 Å². The second kappa shape index (κ2) is 5.04. The van der Waals surface area contributed by atoms with Crippen molar-refractivity contribution in [3.05, 3.63) is 57.4 Å². The van der Waals surface area contributed by atoms with Crippen molar-refractivity contribution in [2.45, 2.75) is 12.5 Å². The first-order valence-electron chi connectivity index (χ1n) is 4.88. The predicted molar refractivity (Wildman–Crippen MR) is 68.5 cm³/mol. The van der Waals surface area contributed by atoms with Crippen LogP contribution < -0.4 is 5.73 Å². The fraction of sp³-hybridized carbons (Fsp3) is 0.167. The molecule has 2 N–H and O–H groups in total. The third-order valence-corrected chi connectivity index (χ3v) is 3.02. The summed E-state index contributed by atoms with van der Waals surface area (Å²) in [5, 5.41) is 0.687. The molecule has 0 bridgehead atoms. The van der Waals surface area contributed by atoms with Gasteiger partial charge in [0.25, 0.3) is 0 Å². The van der Waals surface area contributed by atoms with E-state index in [1.165, 1.54) is 0 Å². The normalized spacial score (nSPS) is 12.7. The van der Waals surface area contributed by atoms with Crippen molar-refractivity contribution in [2.75, 3.05) is 0 Å². The zero-order valence-electron chi connectivity index (χ0n) is 8.49. The van der Waals surface area contributed by atoms with E-state index in [1.54, 1.807) is 12.5 Å². The quantitative estimate of drug-likeness (QED) is 0.932. The number of hydrogen-bond acceptors (Lipinski definition) is 2. The molecule has 1 heterocycles. The zero-order chi connectivity index (χ0) is 11.5. The van der Waals surface area contributed by atoms with E-state index < -0.39 is 0 Å². The summed E-state index contributed by atoms with van der Waals surface area (Å²) in [4.78, 5) is 0. The maximum atomic E-state index is 6.10. The average Bonchev–Trinajstić information content (AvgIpc) is 2.68. The van der Waals surface area contributed by atoms with Gasteiger partial charge in [0.1, 0.15) is 0 Å². The summed E-state index contributed by atoms with van der Waals surface area (Å²) in [5.41, 5.74) is 8.20. The Balaban J connectivity index is 2.17. The Morgan fingerprint density at radius 1 is 1.38 bits per heavy atom. The lowest BCUT2D eigenvalue weighted by Gasteiger charge is -2.11. The van der Waals surface area contributed by atoms with Crippen LogP contribution in [-0.2, 0) is 6.42 Å². The van der Waals surface area contributed by atoms with Crippen LogP contribution in [-0.4, -0.2) is 0 Å². The van der Waals surface area contributed by atoms with Gasteiger partial charge in [0, 0.05) is 15.5 Å². The molecule has 0 saturated carbocycles. The Labute approximate surface area is 108 Å². The lowest BCUT2D eigenvalue weighted by molar-refractivity contribution is 0.561. The molecular weight excluding hydrogens is 289 g/mol. The molecule has 0 fully saturated rings. The summed E-state index contributed by atoms with van der Waals surface area (Å²) in [5.74, 6) is 0. The van der Waals surface area contributed by atoms with Crippen LogP contribution in [0.25, 0.3) is 0 Å². The van der Waals surface area contributed by atoms with Crippen LogP contribution in [0.2, 0.25) is 5.02 Å². The lowest BCUT2D eigenvalue weighted by atomic mass is 10.0. The molecule has 1 aromatic heterocycles. The second-order valence-corrected chi connectivity index (χ2v) is 5.00. The molecule has 16 heavy (non-hydrogen) atoms. The fourth-order valence-corrected chi connectivity index (χ4v) is 2.46. The molecule has 2 aromatic rings. The van der Waals surface area contributed by atoms with Gasteiger partial charge in [-0.05, 0) is 41.8 Å². The van der Waals surface area contributed by atoms with E-state index in [-0.39, 0.29) is 6.04 Å². The molecule has 2 rings (SSSR count). The Morgan fingerprint density at radius 2 is 2.19 bits per heavy atom. The molecular formula is C12H11BrClNO. The summed E-state index contributed by atoms with van der Waals surface area (Å²) in [7, 11) is 0. The van der Waals surface area contributed by atoms with Crippen LogP contribution >= 0.6 is 27.5 Å². The van der Waals surface area contributed by atoms with Crippen molar-refractivity contribution in [3.8, 4) is 0 Å². The summed E-state index contributed by atoms with van der Waals surface area (Å²) in [6.07, 6.45) is 4.10. The van der Waals surface area contributed by atoms with Gasteiger partial charge >= 0.3 is 0 Å². The first kappa shape index (κ1) is 11.7. The Morgan fingerprint density at radius 3 is 2.81 bits per heavy atom. The number of nitrogens with two attached hydrogens (primary N) is 1. The van der Waals surface area contributed by atoms with Gasteiger partial charge in [0.15, 0.2) is 0 Å². The third-order valence-electron chi connectivity index (χ3n) is 2.35. The molecule has 0 aliphatic carbocycles. The van der Waals surface area contributed by atoms with Gasteiger partial charge in [0.05, 0.1) is 12.5 Å². The van der Waals surface area contributed by atoms with Crippen LogP contribution in [0.1, 0.15) is 17.2 Å². The minimum atomic E-state index is -0.0763. The van der Waals surface area contributed by atoms with Gasteiger partial charge in [-0.15, -0.1) is 0 Å². The van der Waals surface area contributed by atoms with Crippen molar-refractivity contribution < 1.29 is 4.42 Å². The predicted octanol–water partition coefficient (Wildman–Crippen LogP) is 3.94. The van der Waals surface area contributed by atoms with E-state index in [9.17, 15) is 0 Å². The Kier molecular flexibility index (Phi) is 3.69. The van der Waals surface area contributed by atoms with Gasteiger partial charge in [-0.3, -0.25) is 0 Å². The fourth-order valence-electron chi connectivity index (χ4n) is 1.57. The number of halogens is 2. The highest BCUT2D eigenvalue weighted by Crippen LogP contribution is 2.24. The molecule has 1 aromatic carbocycles. The number of furan rings is 1. The maximum Gasteiger partial charge on any atom is 0.0935 e. The van der Waals surface area contributed by atoms with Gasteiger partial charge in [0.2, 0.25) is 0 Å². The highest BCUT2D eigenvalue weighted by atomic mass is 79.9. The zero-order valence-corrected chi connectivity index (χ0v) is 10.8. The lowest BCUT2D eigenvalue weighted by Crippen LogP contribution is -2.12. The van der Waals surface area contributed by atoms with Crippen LogP contribution in [0.5, 0.6) is 0 Å². The summed E-state index contributed by atoms with van der Waals surface area (Å²) in [6.45, 7) is 0. The van der Waals surface area contributed by atoms with Gasteiger partial charge in [-0.1, -0.05) is 27.5 Å². The Bertz CT molecular complexity index is 450. The van der Waals surface area contributed by atoms with Crippen molar-refractivity contribution in [1.82, 2.24) is 0 Å². The molecule has 84 valence electrons. The molecule has 4 heteroatoms.